The average Bonchev–Trinajstić information content (AvgIpc) is 3.38. The van der Waals surface area contributed by atoms with Gasteiger partial charge in [0.15, 0.2) is 0 Å². The first-order valence-electron chi connectivity index (χ1n) is 14.3. The minimum atomic E-state index is 0.475. The molecule has 4 fully saturated rings. The van der Waals surface area contributed by atoms with Crippen LogP contribution in [-0.4, -0.2) is 9.49 Å². The van der Waals surface area contributed by atoms with Crippen LogP contribution in [0.15, 0.2) is 0 Å². The highest BCUT2D eigenvalue weighted by atomic mass is 32.2. The Bertz CT molecular complexity index is 527. The van der Waals surface area contributed by atoms with Crippen LogP contribution in [0.4, 0.5) is 0 Å². The van der Waals surface area contributed by atoms with Crippen LogP contribution in [0.5, 0.6) is 0 Å². The largest absolute Gasteiger partial charge is 0.148 e. The second-order valence-electron chi connectivity index (χ2n) is 14.4. The molecule has 0 aromatic carbocycles. The average molecular weight is 447 g/mol. The fraction of sp³-hybridized carbons (Fsp3) is 1.00. The Kier molecular flexibility index (Phi) is 7.25. The van der Waals surface area contributed by atoms with Crippen molar-refractivity contribution in [3.05, 3.63) is 0 Å². The minimum Gasteiger partial charge on any atom is -0.148 e. The summed E-state index contributed by atoms with van der Waals surface area (Å²) in [7, 11) is 0. The summed E-state index contributed by atoms with van der Waals surface area (Å²) in [6, 6.07) is 0. The lowest BCUT2D eigenvalue weighted by Gasteiger charge is -2.56. The summed E-state index contributed by atoms with van der Waals surface area (Å²) in [5, 5.41) is 0. The molecule has 0 aromatic heterocycles. The first-order chi connectivity index (χ1) is 14.6. The van der Waals surface area contributed by atoms with Gasteiger partial charge in [-0.2, -0.15) is 0 Å². The Morgan fingerprint density at radius 1 is 0.484 bits per heavy atom. The van der Waals surface area contributed by atoms with Crippen molar-refractivity contribution in [1.29, 1.82) is 0 Å². The van der Waals surface area contributed by atoms with E-state index in [2.05, 4.69) is 53.3 Å². The van der Waals surface area contributed by atoms with E-state index < -0.39 is 0 Å². The van der Waals surface area contributed by atoms with Crippen molar-refractivity contribution in [2.24, 2.45) is 34.5 Å². The molecule has 4 rings (SSSR count). The van der Waals surface area contributed by atoms with Crippen molar-refractivity contribution in [3.8, 4) is 0 Å². The SMILES string of the molecule is CC(C)(C)C1CCCCC1C1(SC2(C3CCCCC3C(C)(C)C)CCCC2)CCCC1. The van der Waals surface area contributed by atoms with Gasteiger partial charge in [-0.15, -0.1) is 11.8 Å². The van der Waals surface area contributed by atoms with Gasteiger partial charge in [0.25, 0.3) is 0 Å². The van der Waals surface area contributed by atoms with Crippen LogP contribution in [0.25, 0.3) is 0 Å². The van der Waals surface area contributed by atoms with Gasteiger partial charge in [-0.05, 0) is 85.9 Å². The second kappa shape index (κ2) is 9.19. The zero-order valence-corrected chi connectivity index (χ0v) is 22.8. The summed E-state index contributed by atoms with van der Waals surface area (Å²) in [6.45, 7) is 15.4. The molecule has 0 nitrogen and oxygen atoms in total. The molecule has 31 heavy (non-hydrogen) atoms. The van der Waals surface area contributed by atoms with E-state index in [1.54, 1.807) is 0 Å². The molecule has 0 heterocycles. The predicted molar refractivity (Wildman–Crippen MR) is 140 cm³/mol. The topological polar surface area (TPSA) is 0 Å². The molecule has 4 unspecified atom stereocenters. The van der Waals surface area contributed by atoms with Crippen LogP contribution in [0, 0.1) is 34.5 Å². The first kappa shape index (κ1) is 24.5. The first-order valence-corrected chi connectivity index (χ1v) is 15.1. The van der Waals surface area contributed by atoms with Crippen LogP contribution in [0.1, 0.15) is 144 Å². The zero-order valence-electron chi connectivity index (χ0n) is 22.0. The van der Waals surface area contributed by atoms with Gasteiger partial charge in [-0.1, -0.05) is 92.9 Å². The maximum absolute atomic E-state index is 2.66. The number of hydrogen-bond acceptors (Lipinski definition) is 1. The minimum absolute atomic E-state index is 0.475. The molecule has 0 bridgehead atoms. The fourth-order valence-electron chi connectivity index (χ4n) is 9.04. The molecule has 0 radical (unpaired) electrons. The Labute approximate surface area is 199 Å². The standard InChI is InChI=1S/C30H54S/c1-27(2,3)23-15-7-9-17-25(23)29(19-11-12-20-29)31-30(21-13-14-22-30)26-18-10-8-16-24(26)28(4,5)6/h23-26H,7-22H2,1-6H3. The summed E-state index contributed by atoms with van der Waals surface area (Å²) >= 11 is 2.66. The molecule has 180 valence electrons. The molecule has 4 atom stereocenters. The van der Waals surface area contributed by atoms with Crippen molar-refractivity contribution < 1.29 is 0 Å². The Morgan fingerprint density at radius 3 is 1.13 bits per heavy atom. The van der Waals surface area contributed by atoms with E-state index in [1.807, 2.05) is 0 Å². The van der Waals surface area contributed by atoms with E-state index in [4.69, 9.17) is 0 Å². The van der Waals surface area contributed by atoms with E-state index in [-0.39, 0.29) is 0 Å². The number of thioether (sulfide) groups is 1. The van der Waals surface area contributed by atoms with Gasteiger partial charge >= 0.3 is 0 Å². The van der Waals surface area contributed by atoms with Crippen LogP contribution in [0.2, 0.25) is 0 Å². The van der Waals surface area contributed by atoms with Crippen molar-refractivity contribution in [3.63, 3.8) is 0 Å². The van der Waals surface area contributed by atoms with Gasteiger partial charge in [0.05, 0.1) is 0 Å². The fourth-order valence-corrected chi connectivity index (χ4v) is 11.7. The maximum Gasteiger partial charge on any atom is 0.0196 e. The van der Waals surface area contributed by atoms with Gasteiger partial charge in [-0.25, -0.2) is 0 Å². The normalized spacial score (nSPS) is 36.6. The Morgan fingerprint density at radius 2 is 0.806 bits per heavy atom. The van der Waals surface area contributed by atoms with Crippen molar-refractivity contribution >= 4 is 11.8 Å². The summed E-state index contributed by atoms with van der Waals surface area (Å²) in [6.07, 6.45) is 24.2. The zero-order chi connectivity index (χ0) is 22.3. The maximum atomic E-state index is 2.66. The quantitative estimate of drug-likeness (QED) is 0.414. The van der Waals surface area contributed by atoms with Crippen LogP contribution in [0.3, 0.4) is 0 Å². The summed E-state index contributed by atoms with van der Waals surface area (Å²) in [4.78, 5) is 0. The molecule has 0 saturated heterocycles. The van der Waals surface area contributed by atoms with E-state index in [1.165, 1.54) is 103 Å². The molecule has 4 aliphatic rings. The molecule has 0 N–H and O–H groups in total. The highest BCUT2D eigenvalue weighted by Crippen LogP contribution is 2.65. The Balaban J connectivity index is 1.68. The van der Waals surface area contributed by atoms with E-state index in [0.717, 1.165) is 23.7 Å². The number of hydrogen-bond donors (Lipinski definition) is 0. The van der Waals surface area contributed by atoms with Gasteiger partial charge in [0.2, 0.25) is 0 Å². The summed E-state index contributed by atoms with van der Waals surface area (Å²) in [5.74, 6) is 3.83. The van der Waals surface area contributed by atoms with E-state index >= 15 is 0 Å². The third-order valence-electron chi connectivity index (χ3n) is 10.4. The molecule has 4 saturated carbocycles. The summed E-state index contributed by atoms with van der Waals surface area (Å²) in [5.41, 5.74) is 0.950. The van der Waals surface area contributed by atoms with E-state index in [0.29, 0.717) is 20.3 Å². The van der Waals surface area contributed by atoms with Gasteiger partial charge in [0, 0.05) is 9.49 Å². The number of rotatable bonds is 4. The summed E-state index contributed by atoms with van der Waals surface area (Å²) < 4.78 is 1.20. The molecule has 0 amide bonds. The lowest BCUT2D eigenvalue weighted by atomic mass is 9.61. The predicted octanol–water partition coefficient (Wildman–Crippen LogP) is 10.1. The van der Waals surface area contributed by atoms with Gasteiger partial charge in [0.1, 0.15) is 0 Å². The highest BCUT2D eigenvalue weighted by molar-refractivity contribution is 8.02. The molecule has 0 spiro atoms. The van der Waals surface area contributed by atoms with E-state index in [9.17, 15) is 0 Å². The van der Waals surface area contributed by atoms with Crippen molar-refractivity contribution in [1.82, 2.24) is 0 Å². The van der Waals surface area contributed by atoms with Crippen LogP contribution >= 0.6 is 11.8 Å². The van der Waals surface area contributed by atoms with Crippen molar-refractivity contribution in [2.45, 2.75) is 154 Å². The molecule has 0 aliphatic heterocycles. The molecular weight excluding hydrogens is 392 g/mol. The highest BCUT2D eigenvalue weighted by Gasteiger charge is 2.56. The lowest BCUT2D eigenvalue weighted by molar-refractivity contribution is 0.0704. The third kappa shape index (κ3) is 4.93. The van der Waals surface area contributed by atoms with Crippen LogP contribution in [-0.2, 0) is 0 Å². The van der Waals surface area contributed by atoms with Crippen LogP contribution < -0.4 is 0 Å². The van der Waals surface area contributed by atoms with Gasteiger partial charge in [-0.3, -0.25) is 0 Å². The molecule has 4 aliphatic carbocycles. The third-order valence-corrected chi connectivity index (χ3v) is 12.6. The molecule has 0 aromatic rings. The molecular formula is C30H54S. The molecule has 1 heteroatoms. The Hall–Kier alpha value is 0.350. The van der Waals surface area contributed by atoms with Crippen molar-refractivity contribution in [2.75, 3.05) is 0 Å². The van der Waals surface area contributed by atoms with Gasteiger partial charge < -0.3 is 0 Å². The second-order valence-corrected chi connectivity index (χ2v) is 16.2. The smallest absolute Gasteiger partial charge is 0.0196 e. The monoisotopic (exact) mass is 446 g/mol. The lowest BCUT2D eigenvalue weighted by Crippen LogP contribution is -2.50.